The van der Waals surface area contributed by atoms with Crippen molar-refractivity contribution in [3.8, 4) is 16.5 Å². The van der Waals surface area contributed by atoms with Crippen LogP contribution in [-0.2, 0) is 36.7 Å². The normalized spacial score (nSPS) is 27.0. The van der Waals surface area contributed by atoms with Gasteiger partial charge in [0.1, 0.15) is 45.8 Å². The number of amides is 3. The molecule has 13 heteroatoms. The fraction of sp³-hybridized carbons (Fsp3) is 0.650. The first kappa shape index (κ1) is 38.7. The summed E-state index contributed by atoms with van der Waals surface area (Å²) in [5.74, 6) is -0.502. The Balaban J connectivity index is 1.32. The Hall–Kier alpha value is -4.00. The van der Waals surface area contributed by atoms with E-state index in [2.05, 4.69) is 35.9 Å². The Morgan fingerprint density at radius 3 is 2.64 bits per heavy atom. The molecule has 1 saturated heterocycles. The molecule has 0 bridgehead atoms. The Kier molecular flexibility index (Phi) is 11.8. The van der Waals surface area contributed by atoms with E-state index in [9.17, 15) is 19.2 Å². The van der Waals surface area contributed by atoms with Gasteiger partial charge in [-0.1, -0.05) is 38.8 Å². The number of allylic oxidation sites excluding steroid dienone is 1. The lowest BCUT2D eigenvalue weighted by molar-refractivity contribution is -0.150. The molecule has 0 radical (unpaired) electrons. The van der Waals surface area contributed by atoms with E-state index in [4.69, 9.17) is 24.2 Å². The van der Waals surface area contributed by atoms with Gasteiger partial charge in [-0.25, -0.2) is 19.6 Å². The minimum atomic E-state index is -1.19. The maximum Gasteiger partial charge on any atom is 0.408 e. The molecule has 2 N–H and O–H groups in total. The second kappa shape index (κ2) is 16.2. The van der Waals surface area contributed by atoms with Gasteiger partial charge in [0.05, 0.1) is 18.8 Å². The maximum absolute atomic E-state index is 14.5. The summed E-state index contributed by atoms with van der Waals surface area (Å²) in [4.78, 5) is 66.7. The monoisotopic (exact) mass is 749 g/mol. The number of aryl methyl sites for hydroxylation is 1. The molecule has 288 valence electrons. The summed E-state index contributed by atoms with van der Waals surface area (Å²) >= 11 is 1.56. The number of alkyl carbamates (subject to hydrolysis) is 1. The number of hydrogen-bond acceptors (Lipinski definition) is 10. The molecule has 2 aliphatic carbocycles. The van der Waals surface area contributed by atoms with Gasteiger partial charge in [-0.2, -0.15) is 0 Å². The molecular formula is C40H55N5O7S. The van der Waals surface area contributed by atoms with Crippen molar-refractivity contribution in [2.24, 2.45) is 5.92 Å². The third-order valence-electron chi connectivity index (χ3n) is 10.5. The number of carbonyl (C=O) groups excluding carboxylic acids is 4. The van der Waals surface area contributed by atoms with Gasteiger partial charge in [0.25, 0.3) is 0 Å². The number of pyridine rings is 1. The van der Waals surface area contributed by atoms with Gasteiger partial charge in [-0.05, 0) is 85.0 Å². The Labute approximate surface area is 316 Å². The van der Waals surface area contributed by atoms with E-state index >= 15 is 0 Å². The van der Waals surface area contributed by atoms with Gasteiger partial charge in [-0.3, -0.25) is 9.59 Å². The molecule has 2 aromatic heterocycles. The van der Waals surface area contributed by atoms with Crippen LogP contribution in [0.25, 0.3) is 10.7 Å². The number of esters is 1. The highest BCUT2D eigenvalue weighted by molar-refractivity contribution is 7.13. The van der Waals surface area contributed by atoms with Crippen molar-refractivity contribution in [3.63, 3.8) is 0 Å². The number of hydrogen-bond donors (Lipinski definition) is 2. The predicted molar refractivity (Wildman–Crippen MR) is 202 cm³/mol. The molecule has 2 fully saturated rings. The second-order valence-corrected chi connectivity index (χ2v) is 17.0. The van der Waals surface area contributed by atoms with Crippen LogP contribution in [0.5, 0.6) is 5.75 Å². The van der Waals surface area contributed by atoms with Gasteiger partial charge in [-0.15, -0.1) is 11.3 Å². The van der Waals surface area contributed by atoms with Crippen LogP contribution in [0.15, 0.2) is 23.6 Å². The zero-order chi connectivity index (χ0) is 37.9. The molecule has 2 aromatic rings. The highest BCUT2D eigenvalue weighted by atomic mass is 32.1. The zero-order valence-corrected chi connectivity index (χ0v) is 32.8. The first-order valence-electron chi connectivity index (χ1n) is 19.4. The number of nitrogens with one attached hydrogen (secondary N) is 2. The van der Waals surface area contributed by atoms with Crippen LogP contribution < -0.4 is 15.4 Å². The molecule has 4 aliphatic rings. The average Bonchev–Trinajstić information content (AvgIpc) is 3.40. The molecule has 4 heterocycles. The largest absolute Gasteiger partial charge is 0.488 e. The lowest BCUT2D eigenvalue weighted by Gasteiger charge is -2.30. The van der Waals surface area contributed by atoms with Crippen LogP contribution in [-0.4, -0.2) is 81.2 Å². The van der Waals surface area contributed by atoms with Gasteiger partial charge in [0, 0.05) is 35.0 Å². The summed E-state index contributed by atoms with van der Waals surface area (Å²) in [5.41, 5.74) is 1.88. The second-order valence-electron chi connectivity index (χ2n) is 16.1. The van der Waals surface area contributed by atoms with Crippen LogP contribution in [0.4, 0.5) is 4.79 Å². The van der Waals surface area contributed by atoms with Crippen molar-refractivity contribution in [1.29, 1.82) is 0 Å². The van der Waals surface area contributed by atoms with Crippen molar-refractivity contribution in [1.82, 2.24) is 25.5 Å². The van der Waals surface area contributed by atoms with Crippen LogP contribution in [0.1, 0.15) is 122 Å². The van der Waals surface area contributed by atoms with E-state index in [-0.39, 0.29) is 31.4 Å². The van der Waals surface area contributed by atoms with E-state index in [1.165, 1.54) is 4.90 Å². The Morgan fingerprint density at radius 1 is 1.11 bits per heavy atom. The van der Waals surface area contributed by atoms with E-state index < -0.39 is 47.3 Å². The van der Waals surface area contributed by atoms with E-state index in [0.717, 1.165) is 72.6 Å². The fourth-order valence-electron chi connectivity index (χ4n) is 7.57. The lowest BCUT2D eigenvalue weighted by Crippen LogP contribution is -2.56. The third kappa shape index (κ3) is 9.04. The lowest BCUT2D eigenvalue weighted by atomic mass is 9.95. The molecule has 12 nitrogen and oxygen atoms in total. The Bertz CT molecular complexity index is 1720. The highest BCUT2D eigenvalue weighted by Crippen LogP contribution is 2.46. The summed E-state index contributed by atoms with van der Waals surface area (Å²) in [6.45, 7) is 11.6. The van der Waals surface area contributed by atoms with Crippen molar-refractivity contribution in [3.05, 3.63) is 40.5 Å². The molecule has 2 aliphatic heterocycles. The summed E-state index contributed by atoms with van der Waals surface area (Å²) in [6, 6.07) is 0.101. The van der Waals surface area contributed by atoms with Crippen LogP contribution in [0.3, 0.4) is 0 Å². The standard InChI is InChI=1S/C40H55N5O7S/c1-7-50-37(48)40-21-25(40)15-11-9-8-10-12-18-29(43-38(49)52-39(4,5)6)36(47)45-22-26(19-32(45)34(46)44-40)51-33-20-30(35-42-31(23-53-35)24(2)3)41-28-17-14-13-16-27(28)33/h11,15,20,23-26,29,32H,7-10,12-14,16-19,21-22H2,1-6H3,(H,43,49)(H,44,46)/b15-11-/t25-,26-,29+,32+,40-/m1/s1. The summed E-state index contributed by atoms with van der Waals surface area (Å²) in [6.07, 6.45) is 10.8. The predicted octanol–water partition coefficient (Wildman–Crippen LogP) is 6.41. The average molecular weight is 750 g/mol. The number of nitrogens with zero attached hydrogens (tertiary/aromatic N) is 3. The van der Waals surface area contributed by atoms with E-state index in [1.807, 2.05) is 12.1 Å². The molecule has 53 heavy (non-hydrogen) atoms. The minimum Gasteiger partial charge on any atom is -0.488 e. The summed E-state index contributed by atoms with van der Waals surface area (Å²) in [5, 5.41) is 8.75. The number of carbonyl (C=O) groups is 4. The molecule has 1 saturated carbocycles. The maximum atomic E-state index is 14.5. The number of rotatable bonds is 7. The first-order valence-corrected chi connectivity index (χ1v) is 20.3. The van der Waals surface area contributed by atoms with Gasteiger partial charge >= 0.3 is 12.1 Å². The number of aromatic nitrogens is 2. The highest BCUT2D eigenvalue weighted by Gasteiger charge is 2.62. The summed E-state index contributed by atoms with van der Waals surface area (Å²) < 4.78 is 17.8. The third-order valence-corrected chi connectivity index (χ3v) is 11.3. The van der Waals surface area contributed by atoms with Gasteiger partial charge in [0.15, 0.2) is 0 Å². The number of fused-ring (bicyclic) bond motifs is 3. The van der Waals surface area contributed by atoms with Crippen LogP contribution in [0.2, 0.25) is 0 Å². The van der Waals surface area contributed by atoms with Gasteiger partial charge in [0.2, 0.25) is 11.8 Å². The molecule has 6 rings (SSSR count). The minimum absolute atomic E-state index is 0.125. The number of thiazole rings is 1. The topological polar surface area (TPSA) is 149 Å². The Morgan fingerprint density at radius 2 is 1.91 bits per heavy atom. The molecule has 0 aromatic carbocycles. The van der Waals surface area contributed by atoms with E-state index in [0.29, 0.717) is 30.9 Å². The first-order chi connectivity index (χ1) is 25.3. The van der Waals surface area contributed by atoms with Crippen LogP contribution in [0, 0.1) is 5.92 Å². The van der Waals surface area contributed by atoms with E-state index in [1.54, 1.807) is 39.0 Å². The van der Waals surface area contributed by atoms with Crippen molar-refractivity contribution in [2.75, 3.05) is 13.2 Å². The van der Waals surface area contributed by atoms with Crippen molar-refractivity contribution in [2.45, 2.75) is 147 Å². The number of ether oxygens (including phenoxy) is 3. The fourth-order valence-corrected chi connectivity index (χ4v) is 8.51. The van der Waals surface area contributed by atoms with Gasteiger partial charge < -0.3 is 29.7 Å². The zero-order valence-electron chi connectivity index (χ0n) is 32.0. The molecular weight excluding hydrogens is 695 g/mol. The molecule has 3 amide bonds. The summed E-state index contributed by atoms with van der Waals surface area (Å²) in [7, 11) is 0. The molecule has 0 unspecified atom stereocenters. The molecule has 0 spiro atoms. The van der Waals surface area contributed by atoms with Crippen LogP contribution >= 0.6 is 11.3 Å². The SMILES string of the molecule is CCOC(=O)[C@@]12C[C@H]1/C=C\CCCCC[C@H](NC(=O)OC(C)(C)C)C(=O)N1C[C@H](Oc3cc(-c4nc(C(C)C)cs4)nc4c3CCCC4)C[C@H]1C(=O)N2. The smallest absolute Gasteiger partial charge is 0.408 e. The van der Waals surface area contributed by atoms with Crippen molar-refractivity contribution < 1.29 is 33.4 Å². The van der Waals surface area contributed by atoms with Crippen molar-refractivity contribution >= 4 is 35.2 Å². The molecule has 5 atom stereocenters. The quantitative estimate of drug-likeness (QED) is 0.242.